The van der Waals surface area contributed by atoms with Crippen molar-refractivity contribution in [1.29, 1.82) is 0 Å². The summed E-state index contributed by atoms with van der Waals surface area (Å²) in [5, 5.41) is 17.0. The Labute approximate surface area is 124 Å². The monoisotopic (exact) mass is 301 g/mol. The lowest BCUT2D eigenvalue weighted by Gasteiger charge is -2.05. The van der Waals surface area contributed by atoms with Crippen LogP contribution in [-0.2, 0) is 4.79 Å². The molecule has 2 aromatic heterocycles. The van der Waals surface area contributed by atoms with Gasteiger partial charge in [0.1, 0.15) is 16.6 Å². The van der Waals surface area contributed by atoms with E-state index in [-0.39, 0.29) is 0 Å². The number of rotatable bonds is 4. The van der Waals surface area contributed by atoms with E-state index < -0.39 is 11.2 Å². The van der Waals surface area contributed by atoms with Crippen LogP contribution >= 0.6 is 11.8 Å². The van der Waals surface area contributed by atoms with Crippen molar-refractivity contribution in [3.05, 3.63) is 36.7 Å². The molecule has 0 amide bonds. The number of aliphatic carboxylic acids is 1. The molecular formula is C13H11N5O2S. The van der Waals surface area contributed by atoms with Crippen LogP contribution < -0.4 is 0 Å². The maximum atomic E-state index is 11.0. The molecule has 0 saturated heterocycles. The average Bonchev–Trinajstić information content (AvgIpc) is 2.93. The van der Waals surface area contributed by atoms with Gasteiger partial charge in [0.05, 0.1) is 5.69 Å². The molecule has 1 aromatic carbocycles. The van der Waals surface area contributed by atoms with Crippen molar-refractivity contribution < 1.29 is 9.90 Å². The molecule has 0 unspecified atom stereocenters. The topological polar surface area (TPSA) is 93.8 Å². The number of carboxylic acids is 1. The van der Waals surface area contributed by atoms with E-state index in [4.69, 9.17) is 5.11 Å². The van der Waals surface area contributed by atoms with E-state index in [1.165, 1.54) is 6.33 Å². The zero-order valence-electron chi connectivity index (χ0n) is 11.0. The molecule has 1 atom stereocenters. The molecule has 3 rings (SSSR count). The number of benzene rings is 1. The van der Waals surface area contributed by atoms with Crippen LogP contribution in [0.5, 0.6) is 0 Å². The second-order valence-electron chi connectivity index (χ2n) is 4.29. The Hall–Kier alpha value is -2.48. The summed E-state index contributed by atoms with van der Waals surface area (Å²) in [5.41, 5.74) is 1.89. The van der Waals surface area contributed by atoms with Crippen LogP contribution in [0, 0.1) is 0 Å². The first-order chi connectivity index (χ1) is 10.2. The molecule has 0 radical (unpaired) electrons. The minimum atomic E-state index is -0.901. The third kappa shape index (κ3) is 2.57. The van der Waals surface area contributed by atoms with Gasteiger partial charge in [0.25, 0.3) is 0 Å². The van der Waals surface area contributed by atoms with Gasteiger partial charge < -0.3 is 5.11 Å². The lowest BCUT2D eigenvalue weighted by Crippen LogP contribution is -2.11. The summed E-state index contributed by atoms with van der Waals surface area (Å²) >= 11 is 1.12. The fourth-order valence-corrected chi connectivity index (χ4v) is 2.56. The van der Waals surface area contributed by atoms with Crippen molar-refractivity contribution in [3.8, 4) is 5.69 Å². The zero-order valence-corrected chi connectivity index (χ0v) is 11.9. The Kier molecular flexibility index (Phi) is 3.53. The summed E-state index contributed by atoms with van der Waals surface area (Å²) in [6.07, 6.45) is 1.39. The molecule has 21 heavy (non-hydrogen) atoms. The lowest BCUT2D eigenvalue weighted by atomic mass is 10.3. The van der Waals surface area contributed by atoms with Gasteiger partial charge in [-0.25, -0.2) is 9.97 Å². The first-order valence-corrected chi connectivity index (χ1v) is 7.06. The molecule has 0 bridgehead atoms. The van der Waals surface area contributed by atoms with Crippen LogP contribution in [-0.4, -0.2) is 41.3 Å². The number of aromatic nitrogens is 5. The predicted octanol–water partition coefficient (Wildman–Crippen LogP) is 1.78. The molecule has 0 aliphatic heterocycles. The molecule has 7 nitrogen and oxygen atoms in total. The third-order valence-electron chi connectivity index (χ3n) is 2.84. The minimum Gasteiger partial charge on any atom is -0.480 e. The number of carbonyl (C=O) groups is 1. The van der Waals surface area contributed by atoms with Gasteiger partial charge in [-0.2, -0.15) is 4.68 Å². The van der Waals surface area contributed by atoms with Gasteiger partial charge in [-0.15, -0.1) is 5.10 Å². The molecule has 8 heteroatoms. The molecule has 2 heterocycles. The van der Waals surface area contributed by atoms with Crippen LogP contribution in [0.2, 0.25) is 0 Å². The standard InChI is InChI=1S/C13H11N5O2S/c1-8(13(19)20)21-12-10-11(14-7-15-12)18(17-16-10)9-5-3-2-4-6-9/h2-8H,1H3,(H,19,20)/t8-/m0/s1. The molecule has 1 N–H and O–H groups in total. The van der Waals surface area contributed by atoms with Crippen molar-refractivity contribution in [2.75, 3.05) is 0 Å². The summed E-state index contributed by atoms with van der Waals surface area (Å²) in [6, 6.07) is 9.48. The third-order valence-corrected chi connectivity index (χ3v) is 3.92. The summed E-state index contributed by atoms with van der Waals surface area (Å²) in [4.78, 5) is 19.3. The van der Waals surface area contributed by atoms with Gasteiger partial charge in [-0.3, -0.25) is 4.79 Å². The summed E-state index contributed by atoms with van der Waals surface area (Å²) in [6.45, 7) is 1.60. The van der Waals surface area contributed by atoms with Crippen molar-refractivity contribution in [1.82, 2.24) is 25.0 Å². The number of thioether (sulfide) groups is 1. The fraction of sp³-hybridized carbons (Fsp3) is 0.154. The maximum absolute atomic E-state index is 11.0. The Morgan fingerprint density at radius 1 is 1.29 bits per heavy atom. The van der Waals surface area contributed by atoms with Gasteiger partial charge in [0, 0.05) is 0 Å². The molecule has 0 spiro atoms. The Morgan fingerprint density at radius 3 is 2.76 bits per heavy atom. The number of para-hydroxylation sites is 1. The number of hydrogen-bond acceptors (Lipinski definition) is 6. The van der Waals surface area contributed by atoms with Crippen LogP contribution in [0.4, 0.5) is 0 Å². The minimum absolute atomic E-state index is 0.499. The molecule has 0 aliphatic rings. The quantitative estimate of drug-likeness (QED) is 0.579. The van der Waals surface area contributed by atoms with Gasteiger partial charge in [0.15, 0.2) is 11.2 Å². The Morgan fingerprint density at radius 2 is 2.05 bits per heavy atom. The maximum Gasteiger partial charge on any atom is 0.316 e. The normalized spacial score (nSPS) is 12.4. The van der Waals surface area contributed by atoms with Gasteiger partial charge in [-0.05, 0) is 19.1 Å². The van der Waals surface area contributed by atoms with Crippen molar-refractivity contribution >= 4 is 28.9 Å². The van der Waals surface area contributed by atoms with E-state index >= 15 is 0 Å². The van der Waals surface area contributed by atoms with Crippen LogP contribution in [0.25, 0.3) is 16.9 Å². The molecule has 3 aromatic rings. The lowest BCUT2D eigenvalue weighted by molar-refractivity contribution is -0.136. The van der Waals surface area contributed by atoms with Crippen molar-refractivity contribution in [3.63, 3.8) is 0 Å². The van der Waals surface area contributed by atoms with Crippen molar-refractivity contribution in [2.24, 2.45) is 0 Å². The highest BCUT2D eigenvalue weighted by Crippen LogP contribution is 2.27. The second kappa shape index (κ2) is 5.49. The summed E-state index contributed by atoms with van der Waals surface area (Å²) < 4.78 is 1.60. The SMILES string of the molecule is C[C@H](Sc1ncnc2c1nnn2-c1ccccc1)C(=O)O. The molecule has 0 saturated carbocycles. The van der Waals surface area contributed by atoms with Crippen LogP contribution in [0.3, 0.4) is 0 Å². The largest absolute Gasteiger partial charge is 0.480 e. The first kappa shape index (κ1) is 13.5. The Bertz CT molecular complexity index is 790. The highest BCUT2D eigenvalue weighted by molar-refractivity contribution is 8.00. The Balaban J connectivity index is 2.06. The number of carboxylic acid groups (broad SMARTS) is 1. The highest BCUT2D eigenvalue weighted by atomic mass is 32.2. The van der Waals surface area contributed by atoms with Gasteiger partial charge in [0.2, 0.25) is 0 Å². The summed E-state index contributed by atoms with van der Waals surface area (Å²) in [7, 11) is 0. The average molecular weight is 301 g/mol. The van der Waals surface area contributed by atoms with E-state index in [1.54, 1.807) is 11.6 Å². The van der Waals surface area contributed by atoms with E-state index in [1.807, 2.05) is 30.3 Å². The first-order valence-electron chi connectivity index (χ1n) is 6.18. The van der Waals surface area contributed by atoms with E-state index in [0.717, 1.165) is 17.4 Å². The van der Waals surface area contributed by atoms with Gasteiger partial charge in [-0.1, -0.05) is 35.2 Å². The highest BCUT2D eigenvalue weighted by Gasteiger charge is 2.18. The zero-order chi connectivity index (χ0) is 14.8. The predicted molar refractivity (Wildman–Crippen MR) is 77.4 cm³/mol. The van der Waals surface area contributed by atoms with Crippen molar-refractivity contribution in [2.45, 2.75) is 17.2 Å². The van der Waals surface area contributed by atoms with E-state index in [9.17, 15) is 4.79 Å². The molecule has 0 fully saturated rings. The van der Waals surface area contributed by atoms with Crippen LogP contribution in [0.1, 0.15) is 6.92 Å². The number of hydrogen-bond donors (Lipinski definition) is 1. The van der Waals surface area contributed by atoms with E-state index in [0.29, 0.717) is 16.2 Å². The fourth-order valence-electron chi connectivity index (χ4n) is 1.78. The molecular weight excluding hydrogens is 290 g/mol. The van der Waals surface area contributed by atoms with E-state index in [2.05, 4.69) is 20.3 Å². The molecule has 0 aliphatic carbocycles. The number of nitrogens with zero attached hydrogens (tertiary/aromatic N) is 5. The van der Waals surface area contributed by atoms with Crippen LogP contribution in [0.15, 0.2) is 41.7 Å². The smallest absolute Gasteiger partial charge is 0.316 e. The molecule has 106 valence electrons. The number of fused-ring (bicyclic) bond motifs is 1. The summed E-state index contributed by atoms with van der Waals surface area (Å²) in [5.74, 6) is -0.901. The van der Waals surface area contributed by atoms with Gasteiger partial charge >= 0.3 is 5.97 Å². The second-order valence-corrected chi connectivity index (χ2v) is 5.62.